The van der Waals surface area contributed by atoms with Crippen LogP contribution in [-0.2, 0) is 16.1 Å². The van der Waals surface area contributed by atoms with E-state index in [9.17, 15) is 14.4 Å². The van der Waals surface area contributed by atoms with Gasteiger partial charge in [0.05, 0.1) is 5.39 Å². The lowest BCUT2D eigenvalue weighted by atomic mass is 10.1. The molecule has 0 fully saturated rings. The molecule has 8 heteroatoms. The molecule has 0 saturated heterocycles. The number of hydrogen-bond donors (Lipinski definition) is 2. The van der Waals surface area contributed by atoms with Gasteiger partial charge in [0.2, 0.25) is 0 Å². The summed E-state index contributed by atoms with van der Waals surface area (Å²) in [6, 6.07) is 6.60. The normalized spacial score (nSPS) is 10.8. The molecule has 20 heavy (non-hydrogen) atoms. The van der Waals surface area contributed by atoms with E-state index in [1.807, 2.05) is 0 Å². The number of fused-ring (bicyclic) bond motifs is 1. The Morgan fingerprint density at radius 2 is 1.85 bits per heavy atom. The lowest BCUT2D eigenvalue weighted by molar-refractivity contribution is -0.154. The zero-order valence-electron chi connectivity index (χ0n) is 10.3. The van der Waals surface area contributed by atoms with Crippen LogP contribution in [0.2, 0.25) is 0 Å². The summed E-state index contributed by atoms with van der Waals surface area (Å²) in [7, 11) is 0. The Labute approximate surface area is 112 Å². The number of carboxylic acid groups (broad SMARTS) is 2. The first-order valence-electron chi connectivity index (χ1n) is 5.79. The molecule has 2 rings (SSSR count). The minimum absolute atomic E-state index is 0.125. The molecule has 0 amide bonds. The van der Waals surface area contributed by atoms with Crippen LogP contribution in [0.1, 0.15) is 6.42 Å². The zero-order valence-corrected chi connectivity index (χ0v) is 10.3. The SMILES string of the molecule is O=C(O)C(CCn1nnc2ccccc2c1=O)C(=O)O. The largest absolute Gasteiger partial charge is 0.481 e. The number of carbonyl (C=O) groups is 2. The van der Waals surface area contributed by atoms with Crippen LogP contribution < -0.4 is 5.56 Å². The van der Waals surface area contributed by atoms with E-state index < -0.39 is 23.4 Å². The third kappa shape index (κ3) is 2.63. The third-order valence-electron chi connectivity index (χ3n) is 2.86. The summed E-state index contributed by atoms with van der Waals surface area (Å²) in [4.78, 5) is 33.6. The van der Waals surface area contributed by atoms with E-state index in [0.717, 1.165) is 4.68 Å². The molecule has 1 heterocycles. The third-order valence-corrected chi connectivity index (χ3v) is 2.86. The molecule has 0 unspecified atom stereocenters. The van der Waals surface area contributed by atoms with Gasteiger partial charge in [-0.3, -0.25) is 14.4 Å². The van der Waals surface area contributed by atoms with Gasteiger partial charge in [0.15, 0.2) is 5.92 Å². The fourth-order valence-corrected chi connectivity index (χ4v) is 1.77. The summed E-state index contributed by atoms with van der Waals surface area (Å²) in [5.74, 6) is -4.46. The number of aliphatic carboxylic acids is 2. The van der Waals surface area contributed by atoms with E-state index >= 15 is 0 Å². The lowest BCUT2D eigenvalue weighted by Crippen LogP contribution is -2.29. The van der Waals surface area contributed by atoms with Crippen molar-refractivity contribution in [3.05, 3.63) is 34.6 Å². The molecule has 0 bridgehead atoms. The maximum atomic E-state index is 12.0. The number of aryl methyl sites for hydroxylation is 1. The predicted octanol–water partition coefficient (Wildman–Crippen LogP) is -0.0330. The van der Waals surface area contributed by atoms with E-state index in [1.54, 1.807) is 24.3 Å². The van der Waals surface area contributed by atoms with Crippen molar-refractivity contribution >= 4 is 22.8 Å². The number of nitrogens with zero attached hydrogens (tertiary/aromatic N) is 3. The summed E-state index contributed by atoms with van der Waals surface area (Å²) in [6.45, 7) is -0.125. The summed E-state index contributed by atoms with van der Waals surface area (Å²) in [5.41, 5.74) is 0.00639. The van der Waals surface area contributed by atoms with Gasteiger partial charge in [-0.05, 0) is 18.6 Å². The smallest absolute Gasteiger partial charge is 0.317 e. The van der Waals surface area contributed by atoms with E-state index in [0.29, 0.717) is 10.9 Å². The molecule has 104 valence electrons. The number of benzene rings is 1. The molecule has 0 atom stereocenters. The van der Waals surface area contributed by atoms with Crippen LogP contribution in [0.15, 0.2) is 29.1 Å². The summed E-state index contributed by atoms with van der Waals surface area (Å²) >= 11 is 0. The van der Waals surface area contributed by atoms with E-state index in [2.05, 4.69) is 10.3 Å². The number of hydrogen-bond acceptors (Lipinski definition) is 5. The Balaban J connectivity index is 2.26. The summed E-state index contributed by atoms with van der Waals surface area (Å²) < 4.78 is 0.973. The maximum Gasteiger partial charge on any atom is 0.317 e. The van der Waals surface area contributed by atoms with Crippen LogP contribution in [0.4, 0.5) is 0 Å². The average molecular weight is 277 g/mol. The van der Waals surface area contributed by atoms with Gasteiger partial charge in [0, 0.05) is 6.54 Å². The van der Waals surface area contributed by atoms with Crippen LogP contribution in [0.5, 0.6) is 0 Å². The fraction of sp³-hybridized carbons (Fsp3) is 0.250. The Bertz CT molecular complexity index is 710. The molecule has 1 aromatic carbocycles. The van der Waals surface area contributed by atoms with E-state index in [4.69, 9.17) is 10.2 Å². The molecule has 8 nitrogen and oxygen atoms in total. The fourth-order valence-electron chi connectivity index (χ4n) is 1.77. The van der Waals surface area contributed by atoms with Gasteiger partial charge in [0.25, 0.3) is 5.56 Å². The van der Waals surface area contributed by atoms with Gasteiger partial charge in [-0.2, -0.15) is 0 Å². The molecule has 1 aromatic heterocycles. The molecule has 0 aliphatic heterocycles. The quantitative estimate of drug-likeness (QED) is 0.735. The molecule has 0 aliphatic carbocycles. The van der Waals surface area contributed by atoms with Gasteiger partial charge in [-0.1, -0.05) is 17.3 Å². The van der Waals surface area contributed by atoms with Crippen LogP contribution in [0.3, 0.4) is 0 Å². The second-order valence-electron chi connectivity index (χ2n) is 4.15. The second-order valence-corrected chi connectivity index (χ2v) is 4.15. The van der Waals surface area contributed by atoms with Crippen molar-refractivity contribution in [2.75, 3.05) is 0 Å². The average Bonchev–Trinajstić information content (AvgIpc) is 2.41. The Kier molecular flexibility index (Phi) is 3.74. The van der Waals surface area contributed by atoms with Gasteiger partial charge in [0.1, 0.15) is 5.52 Å². The maximum absolute atomic E-state index is 12.0. The Hall–Kier alpha value is -2.77. The van der Waals surface area contributed by atoms with Crippen molar-refractivity contribution in [1.82, 2.24) is 15.0 Å². The first-order valence-corrected chi connectivity index (χ1v) is 5.79. The minimum Gasteiger partial charge on any atom is -0.481 e. The molecular weight excluding hydrogens is 266 g/mol. The number of carboxylic acids is 2. The van der Waals surface area contributed by atoms with Crippen molar-refractivity contribution in [3.8, 4) is 0 Å². The molecule has 2 aromatic rings. The zero-order chi connectivity index (χ0) is 14.7. The van der Waals surface area contributed by atoms with Crippen LogP contribution in [0.25, 0.3) is 10.9 Å². The van der Waals surface area contributed by atoms with Crippen molar-refractivity contribution in [2.24, 2.45) is 5.92 Å². The number of rotatable bonds is 5. The molecule has 0 radical (unpaired) electrons. The Morgan fingerprint density at radius 1 is 1.20 bits per heavy atom. The molecule has 0 saturated carbocycles. The van der Waals surface area contributed by atoms with Gasteiger partial charge >= 0.3 is 11.9 Å². The molecular formula is C12H11N3O5. The summed E-state index contributed by atoms with van der Waals surface area (Å²) in [6.07, 6.45) is -0.238. The molecule has 2 N–H and O–H groups in total. The van der Waals surface area contributed by atoms with Crippen LogP contribution in [-0.4, -0.2) is 37.1 Å². The predicted molar refractivity (Wildman–Crippen MR) is 67.2 cm³/mol. The monoisotopic (exact) mass is 277 g/mol. The van der Waals surface area contributed by atoms with Gasteiger partial charge < -0.3 is 10.2 Å². The molecule has 0 aliphatic rings. The summed E-state index contributed by atoms with van der Waals surface area (Å²) in [5, 5.41) is 25.4. The standard InChI is InChI=1S/C12H11N3O5/c16-10-7-3-1-2-4-9(7)13-14-15(10)6-5-8(11(17)18)12(19)20/h1-4,8H,5-6H2,(H,17,18)(H,19,20). The first-order chi connectivity index (χ1) is 9.50. The highest BCUT2D eigenvalue weighted by atomic mass is 16.4. The van der Waals surface area contributed by atoms with Crippen LogP contribution >= 0.6 is 0 Å². The van der Waals surface area contributed by atoms with Crippen molar-refractivity contribution in [1.29, 1.82) is 0 Å². The van der Waals surface area contributed by atoms with Gasteiger partial charge in [-0.15, -0.1) is 5.10 Å². The lowest BCUT2D eigenvalue weighted by Gasteiger charge is -2.08. The van der Waals surface area contributed by atoms with Crippen molar-refractivity contribution in [2.45, 2.75) is 13.0 Å². The van der Waals surface area contributed by atoms with E-state index in [-0.39, 0.29) is 13.0 Å². The highest BCUT2D eigenvalue weighted by Crippen LogP contribution is 2.07. The van der Waals surface area contributed by atoms with Gasteiger partial charge in [-0.25, -0.2) is 4.68 Å². The Morgan fingerprint density at radius 3 is 2.50 bits per heavy atom. The second kappa shape index (κ2) is 5.47. The molecule has 0 spiro atoms. The van der Waals surface area contributed by atoms with Crippen molar-refractivity contribution in [3.63, 3.8) is 0 Å². The highest BCUT2D eigenvalue weighted by Gasteiger charge is 2.25. The highest BCUT2D eigenvalue weighted by molar-refractivity contribution is 5.92. The first kappa shape index (κ1) is 13.7. The van der Waals surface area contributed by atoms with Crippen molar-refractivity contribution < 1.29 is 19.8 Å². The topological polar surface area (TPSA) is 122 Å². The minimum atomic E-state index is -1.57. The number of aromatic nitrogens is 3. The van der Waals surface area contributed by atoms with E-state index in [1.165, 1.54) is 0 Å². The van der Waals surface area contributed by atoms with Crippen LogP contribution in [0, 0.1) is 5.92 Å².